The Balaban J connectivity index is 2.14. The lowest BCUT2D eigenvalue weighted by Gasteiger charge is -2.31. The summed E-state index contributed by atoms with van der Waals surface area (Å²) in [5, 5.41) is 0. The van der Waals surface area contributed by atoms with E-state index in [1.165, 1.54) is 0 Å². The van der Waals surface area contributed by atoms with Crippen LogP contribution in [0.15, 0.2) is 12.1 Å². The van der Waals surface area contributed by atoms with Crippen LogP contribution in [0.25, 0.3) is 0 Å². The standard InChI is InChI=1S/C14H19F2NO/c1-8-3-9(2)5-11(4-8)18-14-12(15)6-10(17)7-13(14)16/h6-9,11H,3-5,17H2,1-2H3. The van der Waals surface area contributed by atoms with Gasteiger partial charge < -0.3 is 10.5 Å². The average Bonchev–Trinajstić information content (AvgIpc) is 2.22. The van der Waals surface area contributed by atoms with E-state index < -0.39 is 11.6 Å². The number of nitrogens with two attached hydrogens (primary N) is 1. The Morgan fingerprint density at radius 1 is 1.06 bits per heavy atom. The van der Waals surface area contributed by atoms with Crippen LogP contribution in [0.4, 0.5) is 14.5 Å². The topological polar surface area (TPSA) is 35.2 Å². The van der Waals surface area contributed by atoms with Gasteiger partial charge in [-0.3, -0.25) is 0 Å². The molecule has 0 aliphatic heterocycles. The normalized spacial score (nSPS) is 28.1. The van der Waals surface area contributed by atoms with Crippen molar-refractivity contribution in [3.63, 3.8) is 0 Å². The van der Waals surface area contributed by atoms with Gasteiger partial charge >= 0.3 is 0 Å². The molecule has 2 N–H and O–H groups in total. The fraction of sp³-hybridized carbons (Fsp3) is 0.571. The molecule has 0 aromatic heterocycles. The van der Waals surface area contributed by atoms with Crippen molar-refractivity contribution in [3.8, 4) is 5.75 Å². The minimum Gasteiger partial charge on any atom is -0.484 e. The molecule has 18 heavy (non-hydrogen) atoms. The smallest absolute Gasteiger partial charge is 0.191 e. The van der Waals surface area contributed by atoms with E-state index in [1.54, 1.807) is 0 Å². The monoisotopic (exact) mass is 255 g/mol. The molecule has 2 nitrogen and oxygen atoms in total. The van der Waals surface area contributed by atoms with Crippen LogP contribution in [0.1, 0.15) is 33.1 Å². The van der Waals surface area contributed by atoms with Gasteiger partial charge in [0.05, 0.1) is 6.10 Å². The first-order chi connectivity index (χ1) is 8.45. The van der Waals surface area contributed by atoms with E-state index in [0.717, 1.165) is 31.4 Å². The summed E-state index contributed by atoms with van der Waals surface area (Å²) >= 11 is 0. The lowest BCUT2D eigenvalue weighted by Crippen LogP contribution is -2.29. The molecule has 1 saturated carbocycles. The molecule has 4 heteroatoms. The second kappa shape index (κ2) is 5.12. The van der Waals surface area contributed by atoms with Crippen LogP contribution < -0.4 is 10.5 Å². The molecule has 1 aliphatic carbocycles. The average molecular weight is 255 g/mol. The molecule has 1 aliphatic rings. The Hall–Kier alpha value is -1.32. The Morgan fingerprint density at radius 3 is 2.06 bits per heavy atom. The van der Waals surface area contributed by atoms with Crippen LogP contribution in [0.5, 0.6) is 5.75 Å². The van der Waals surface area contributed by atoms with Crippen molar-refractivity contribution < 1.29 is 13.5 Å². The third-order valence-electron chi connectivity index (χ3n) is 3.44. The first kappa shape index (κ1) is 13.1. The molecule has 100 valence electrons. The SMILES string of the molecule is CC1CC(C)CC(Oc2c(F)cc(N)cc2F)C1. The van der Waals surface area contributed by atoms with Gasteiger partial charge in [-0.25, -0.2) is 8.78 Å². The van der Waals surface area contributed by atoms with Gasteiger partial charge in [-0.15, -0.1) is 0 Å². The van der Waals surface area contributed by atoms with Crippen molar-refractivity contribution in [2.75, 3.05) is 5.73 Å². The maximum Gasteiger partial charge on any atom is 0.191 e. The summed E-state index contributed by atoms with van der Waals surface area (Å²) in [5.74, 6) is -0.690. The fourth-order valence-corrected chi connectivity index (χ4v) is 2.83. The van der Waals surface area contributed by atoms with E-state index in [-0.39, 0.29) is 17.5 Å². The van der Waals surface area contributed by atoms with Crippen LogP contribution in [0.3, 0.4) is 0 Å². The molecule has 0 radical (unpaired) electrons. The predicted molar refractivity (Wildman–Crippen MR) is 67.4 cm³/mol. The van der Waals surface area contributed by atoms with Crippen molar-refractivity contribution in [1.82, 2.24) is 0 Å². The van der Waals surface area contributed by atoms with Gasteiger partial charge in [0.25, 0.3) is 0 Å². The molecule has 0 spiro atoms. The molecular formula is C14H19F2NO. The highest BCUT2D eigenvalue weighted by molar-refractivity contribution is 5.44. The summed E-state index contributed by atoms with van der Waals surface area (Å²) in [6.45, 7) is 4.28. The molecule has 1 aromatic carbocycles. The van der Waals surface area contributed by atoms with E-state index in [0.29, 0.717) is 11.8 Å². The fourth-order valence-electron chi connectivity index (χ4n) is 2.83. The number of nitrogen functional groups attached to an aromatic ring is 1. The predicted octanol–water partition coefficient (Wildman–Crippen LogP) is 3.75. The Labute approximate surface area is 106 Å². The van der Waals surface area contributed by atoms with E-state index in [2.05, 4.69) is 13.8 Å². The van der Waals surface area contributed by atoms with Gasteiger partial charge in [-0.2, -0.15) is 0 Å². The quantitative estimate of drug-likeness (QED) is 0.817. The number of benzene rings is 1. The number of ether oxygens (including phenoxy) is 1. The Morgan fingerprint density at radius 2 is 1.56 bits per heavy atom. The maximum absolute atomic E-state index is 13.6. The molecule has 0 saturated heterocycles. The zero-order chi connectivity index (χ0) is 13.3. The molecule has 0 amide bonds. The Kier molecular flexibility index (Phi) is 3.73. The summed E-state index contributed by atoms with van der Waals surface area (Å²) in [6.07, 6.45) is 2.71. The second-order valence-electron chi connectivity index (χ2n) is 5.47. The first-order valence-corrected chi connectivity index (χ1v) is 6.37. The summed E-state index contributed by atoms with van der Waals surface area (Å²) in [4.78, 5) is 0. The molecule has 2 atom stereocenters. The van der Waals surface area contributed by atoms with Crippen LogP contribution in [-0.4, -0.2) is 6.10 Å². The number of anilines is 1. The third kappa shape index (κ3) is 2.92. The van der Waals surface area contributed by atoms with Crippen LogP contribution in [0, 0.1) is 23.5 Å². The number of halogens is 2. The highest BCUT2D eigenvalue weighted by atomic mass is 19.1. The highest BCUT2D eigenvalue weighted by Gasteiger charge is 2.27. The highest BCUT2D eigenvalue weighted by Crippen LogP contribution is 2.33. The summed E-state index contributed by atoms with van der Waals surface area (Å²) < 4.78 is 32.7. The summed E-state index contributed by atoms with van der Waals surface area (Å²) in [6, 6.07) is 2.18. The Bertz CT molecular complexity index is 403. The van der Waals surface area contributed by atoms with Crippen LogP contribution in [-0.2, 0) is 0 Å². The zero-order valence-electron chi connectivity index (χ0n) is 10.7. The van der Waals surface area contributed by atoms with Gasteiger partial charge in [-0.1, -0.05) is 13.8 Å². The lowest BCUT2D eigenvalue weighted by molar-refractivity contribution is 0.0928. The first-order valence-electron chi connectivity index (χ1n) is 6.37. The number of hydrogen-bond acceptors (Lipinski definition) is 2. The molecular weight excluding hydrogens is 236 g/mol. The third-order valence-corrected chi connectivity index (χ3v) is 3.44. The molecule has 2 rings (SSSR count). The summed E-state index contributed by atoms with van der Waals surface area (Å²) in [5.41, 5.74) is 5.44. The summed E-state index contributed by atoms with van der Waals surface area (Å²) in [7, 11) is 0. The van der Waals surface area contributed by atoms with Crippen LogP contribution in [0.2, 0.25) is 0 Å². The van der Waals surface area contributed by atoms with Crippen molar-refractivity contribution in [3.05, 3.63) is 23.8 Å². The molecule has 0 bridgehead atoms. The maximum atomic E-state index is 13.6. The van der Waals surface area contributed by atoms with Crippen molar-refractivity contribution in [2.24, 2.45) is 11.8 Å². The second-order valence-corrected chi connectivity index (χ2v) is 5.47. The largest absolute Gasteiger partial charge is 0.484 e. The minimum absolute atomic E-state index is 0.0720. The van der Waals surface area contributed by atoms with Crippen molar-refractivity contribution in [2.45, 2.75) is 39.2 Å². The van der Waals surface area contributed by atoms with E-state index in [9.17, 15) is 8.78 Å². The van der Waals surface area contributed by atoms with Gasteiger partial charge in [0, 0.05) is 17.8 Å². The van der Waals surface area contributed by atoms with Crippen molar-refractivity contribution in [1.29, 1.82) is 0 Å². The van der Waals surface area contributed by atoms with Crippen LogP contribution >= 0.6 is 0 Å². The molecule has 0 heterocycles. The van der Waals surface area contributed by atoms with E-state index >= 15 is 0 Å². The molecule has 1 aromatic rings. The van der Waals surface area contributed by atoms with Gasteiger partial charge in [-0.05, 0) is 31.1 Å². The number of hydrogen-bond donors (Lipinski definition) is 1. The zero-order valence-corrected chi connectivity index (χ0v) is 10.7. The number of rotatable bonds is 2. The van der Waals surface area contributed by atoms with Gasteiger partial charge in [0.2, 0.25) is 0 Å². The van der Waals surface area contributed by atoms with Gasteiger partial charge in [0.15, 0.2) is 17.4 Å². The minimum atomic E-state index is -0.724. The van der Waals surface area contributed by atoms with Crippen molar-refractivity contribution >= 4 is 5.69 Å². The van der Waals surface area contributed by atoms with E-state index in [4.69, 9.17) is 10.5 Å². The lowest BCUT2D eigenvalue weighted by atomic mass is 9.82. The molecule has 1 fully saturated rings. The van der Waals surface area contributed by atoms with Gasteiger partial charge in [0.1, 0.15) is 0 Å². The molecule has 2 unspecified atom stereocenters. The van der Waals surface area contributed by atoms with E-state index in [1.807, 2.05) is 0 Å².